The Bertz CT molecular complexity index is 1790. The first-order valence-corrected chi connectivity index (χ1v) is 23.7. The molecule has 0 radical (unpaired) electrons. The molecule has 1 saturated heterocycles. The average molecular weight is 1010 g/mol. The van der Waals surface area contributed by atoms with Crippen molar-refractivity contribution in [3.8, 4) is 0 Å². The van der Waals surface area contributed by atoms with Gasteiger partial charge in [-0.3, -0.25) is 4.79 Å². The molecule has 70 heavy (non-hydrogen) atoms. The Balaban J connectivity index is 2.09. The molecule has 0 bridgehead atoms. The Labute approximate surface area is 411 Å². The van der Waals surface area contributed by atoms with Crippen molar-refractivity contribution in [3.63, 3.8) is 0 Å². The van der Waals surface area contributed by atoms with E-state index in [0.717, 1.165) is 4.90 Å². The van der Waals surface area contributed by atoms with Gasteiger partial charge in [0.25, 0.3) is 0 Å². The van der Waals surface area contributed by atoms with E-state index in [4.69, 9.17) is 38.9 Å². The Morgan fingerprint density at radius 3 is 1.91 bits per heavy atom. The molecule has 2 heterocycles. The van der Waals surface area contributed by atoms with Crippen LogP contribution in [0.5, 0.6) is 0 Å². The fraction of sp³-hybridized carbons (Fsp3) is 0.848. The number of aliphatic hydroxyl groups is 5. The monoisotopic (exact) mass is 1010 g/mol. The van der Waals surface area contributed by atoms with Crippen LogP contribution in [-0.2, 0) is 38.0 Å². The van der Waals surface area contributed by atoms with Crippen molar-refractivity contribution in [3.05, 3.63) is 11.8 Å². The number of alkyl carbamates (subject to hydrolysis) is 3. The number of carbonyl (C=O) groups excluding carboxylic acids is 5. The quantitative estimate of drug-likeness (QED) is 0.0943. The van der Waals surface area contributed by atoms with Crippen LogP contribution in [0.4, 0.5) is 19.2 Å². The van der Waals surface area contributed by atoms with Crippen LogP contribution in [0, 0.1) is 5.92 Å². The second-order valence-corrected chi connectivity index (χ2v) is 22.3. The molecule has 24 nitrogen and oxygen atoms in total. The number of hydrogen-bond acceptors (Lipinski definition) is 19. The van der Waals surface area contributed by atoms with Crippen LogP contribution >= 0.6 is 0 Å². The lowest BCUT2D eigenvalue weighted by atomic mass is 9.72. The molecule has 0 spiro atoms. The van der Waals surface area contributed by atoms with Gasteiger partial charge in [0.1, 0.15) is 58.2 Å². The van der Waals surface area contributed by atoms with E-state index in [1.165, 1.54) is 14.0 Å². The predicted molar refractivity (Wildman–Crippen MR) is 252 cm³/mol. The predicted octanol–water partition coefficient (Wildman–Crippen LogP) is 0.585. The van der Waals surface area contributed by atoms with E-state index in [9.17, 15) is 49.5 Å². The highest BCUT2D eigenvalue weighted by Gasteiger charge is 2.56. The van der Waals surface area contributed by atoms with Gasteiger partial charge in [0.05, 0.1) is 37.4 Å². The summed E-state index contributed by atoms with van der Waals surface area (Å²) in [7, 11) is 1.32. The van der Waals surface area contributed by atoms with Crippen molar-refractivity contribution in [2.75, 3.05) is 39.8 Å². The van der Waals surface area contributed by atoms with E-state index in [1.54, 1.807) is 89.2 Å². The molecule has 1 aliphatic carbocycles. The lowest BCUT2D eigenvalue weighted by Gasteiger charge is -2.52. The lowest BCUT2D eigenvalue weighted by Crippen LogP contribution is -2.71. The summed E-state index contributed by atoms with van der Waals surface area (Å²) in [6.07, 6.45) is -12.6. The van der Waals surface area contributed by atoms with Crippen LogP contribution in [0.25, 0.3) is 0 Å². The molecule has 13 atom stereocenters. The summed E-state index contributed by atoms with van der Waals surface area (Å²) >= 11 is 0. The third kappa shape index (κ3) is 19.1. The number of nitrogens with two attached hydrogens (primary N) is 1. The molecule has 12 N–H and O–H groups in total. The number of carbonyl (C=O) groups is 5. The molecular weight excluding hydrogens is 923 g/mol. The van der Waals surface area contributed by atoms with Gasteiger partial charge in [0, 0.05) is 44.7 Å². The zero-order valence-electron chi connectivity index (χ0n) is 43.3. The molecule has 2 unspecified atom stereocenters. The van der Waals surface area contributed by atoms with E-state index in [1.807, 2.05) is 0 Å². The Morgan fingerprint density at radius 2 is 1.36 bits per heavy atom. The SMILES string of the molecule is CN(C(=O)OC(C)(C)C)[C@@H]1[C@@H](O)[C@@H](O[C@H]2[C@H](NC(=O)[C@@H](O)CCNC(=O)OC(C)(C)C)C[C@H](NC(=O)OC(C)(C)C)C([C@H]3OC(CN)=CC[C@H]3NCC(O)CNC(=O)OC(C)(C)C)[C@@H]2O)OC[C@]1(C)O. The van der Waals surface area contributed by atoms with Crippen LogP contribution in [0.15, 0.2) is 11.8 Å². The van der Waals surface area contributed by atoms with E-state index in [-0.39, 0.29) is 45.4 Å². The maximum Gasteiger partial charge on any atom is 0.410 e. The number of rotatable bonds is 16. The van der Waals surface area contributed by atoms with Crippen molar-refractivity contribution >= 4 is 30.3 Å². The van der Waals surface area contributed by atoms with Crippen molar-refractivity contribution < 1.29 is 82.7 Å². The molecule has 3 aliphatic rings. The van der Waals surface area contributed by atoms with Crippen molar-refractivity contribution in [2.45, 2.75) is 204 Å². The van der Waals surface area contributed by atoms with Gasteiger partial charge in [-0.1, -0.05) is 0 Å². The first-order chi connectivity index (χ1) is 32.0. The largest absolute Gasteiger partial charge is 0.492 e. The summed E-state index contributed by atoms with van der Waals surface area (Å²) in [6.45, 7) is 20.3. The number of amides is 5. The van der Waals surface area contributed by atoms with Crippen LogP contribution < -0.4 is 32.3 Å². The Hall–Kier alpha value is -4.27. The highest BCUT2D eigenvalue weighted by Crippen LogP contribution is 2.39. The molecule has 2 fully saturated rings. The normalized spacial score (nSPS) is 29.5. The molecule has 24 heteroatoms. The van der Waals surface area contributed by atoms with Gasteiger partial charge in [-0.25, -0.2) is 19.2 Å². The van der Waals surface area contributed by atoms with Crippen molar-refractivity contribution in [1.82, 2.24) is 31.5 Å². The summed E-state index contributed by atoms with van der Waals surface area (Å²) in [4.78, 5) is 66.4. The van der Waals surface area contributed by atoms with Gasteiger partial charge in [0.2, 0.25) is 5.91 Å². The first-order valence-electron chi connectivity index (χ1n) is 23.7. The fourth-order valence-corrected chi connectivity index (χ4v) is 8.22. The average Bonchev–Trinajstić information content (AvgIpc) is 3.18. The van der Waals surface area contributed by atoms with E-state index >= 15 is 0 Å². The molecule has 0 aromatic carbocycles. The summed E-state index contributed by atoms with van der Waals surface area (Å²) in [6, 6.07) is -4.54. The maximum atomic E-state index is 13.8. The highest BCUT2D eigenvalue weighted by atomic mass is 16.7. The summed E-state index contributed by atoms with van der Waals surface area (Å²) < 4.78 is 40.5. The Kier molecular flexibility index (Phi) is 21.0. The highest BCUT2D eigenvalue weighted by molar-refractivity contribution is 5.81. The third-order valence-corrected chi connectivity index (χ3v) is 11.0. The van der Waals surface area contributed by atoms with Gasteiger partial charge in [-0.2, -0.15) is 0 Å². The summed E-state index contributed by atoms with van der Waals surface area (Å²) in [5, 5.41) is 72.0. The van der Waals surface area contributed by atoms with Crippen LogP contribution in [-0.4, -0.2) is 196 Å². The lowest BCUT2D eigenvalue weighted by molar-refractivity contribution is -0.305. The van der Waals surface area contributed by atoms with Crippen LogP contribution in [0.2, 0.25) is 0 Å². The standard InChI is InChI=1S/C46H83N7O17/c1-42(2,3)67-38(59)48-18-17-29(55)36(58)51-28-19-27(52-40(61)69-44(7,8)9)30(33-26(16-15-25(20-47)65-33)49-21-24(54)22-50-39(60)68-43(4,5)6)31(56)34(28)66-37-32(57)35(46(13,63)23-64-37)53(14)41(62)70-45(10,11)12/h15,24,26-35,37,49,54-57,63H,16-23,47H2,1-14H3,(H,48,59)(H,50,60)(H,51,58)(H,52,61)/t24?,26-,27+,28-,29+,30?,31+,32-,33+,34+,35-,37-,46+/m1/s1. The second-order valence-electron chi connectivity index (χ2n) is 22.3. The van der Waals surface area contributed by atoms with Crippen LogP contribution in [0.3, 0.4) is 0 Å². The Morgan fingerprint density at radius 1 is 0.800 bits per heavy atom. The number of hydrogen-bond donors (Lipinski definition) is 11. The zero-order chi connectivity index (χ0) is 53.3. The van der Waals surface area contributed by atoms with Gasteiger partial charge in [-0.15, -0.1) is 0 Å². The number of aliphatic hydroxyl groups excluding tert-OH is 4. The van der Waals surface area contributed by atoms with E-state index in [2.05, 4.69) is 26.6 Å². The third-order valence-electron chi connectivity index (χ3n) is 11.0. The minimum Gasteiger partial charge on any atom is -0.492 e. The maximum absolute atomic E-state index is 13.8. The summed E-state index contributed by atoms with van der Waals surface area (Å²) in [5.74, 6) is -1.81. The minimum absolute atomic E-state index is 0.0630. The van der Waals surface area contributed by atoms with E-state index in [0.29, 0.717) is 5.76 Å². The van der Waals surface area contributed by atoms with Gasteiger partial charge < -0.3 is 95.9 Å². The summed E-state index contributed by atoms with van der Waals surface area (Å²) in [5.41, 5.74) is 0.699. The molecule has 3 rings (SSSR count). The molecule has 404 valence electrons. The molecule has 1 saturated carbocycles. The molecular formula is C46H83N7O17. The van der Waals surface area contributed by atoms with Gasteiger partial charge >= 0.3 is 24.4 Å². The topological polar surface area (TPSA) is 341 Å². The fourth-order valence-electron chi connectivity index (χ4n) is 8.22. The first kappa shape index (κ1) is 60.0. The molecule has 0 aromatic rings. The molecule has 0 aromatic heterocycles. The number of nitrogens with zero attached hydrogens (tertiary/aromatic N) is 1. The second kappa shape index (κ2) is 24.4. The zero-order valence-corrected chi connectivity index (χ0v) is 43.3. The molecule has 2 aliphatic heterocycles. The number of likely N-dealkylation sites (N-methyl/N-ethyl adjacent to an activating group) is 1. The van der Waals surface area contributed by atoms with E-state index < -0.39 is 138 Å². The number of nitrogens with one attached hydrogen (secondary N) is 5. The number of ether oxygens (including phenoxy) is 7. The minimum atomic E-state index is -1.86. The van der Waals surface area contributed by atoms with Gasteiger partial charge in [-0.05, 0) is 115 Å². The molecule has 5 amide bonds. The van der Waals surface area contributed by atoms with Crippen LogP contribution in [0.1, 0.15) is 109 Å². The van der Waals surface area contributed by atoms with Gasteiger partial charge in [0.15, 0.2) is 6.29 Å². The van der Waals surface area contributed by atoms with Crippen molar-refractivity contribution in [2.24, 2.45) is 11.7 Å². The smallest absolute Gasteiger partial charge is 0.410 e. The van der Waals surface area contributed by atoms with Crippen molar-refractivity contribution in [1.29, 1.82) is 0 Å².